The Morgan fingerprint density at radius 1 is 1.21 bits per heavy atom. The molecule has 4 N–H and O–H groups in total. The van der Waals surface area contributed by atoms with Crippen LogP contribution in [0.4, 0.5) is 5.00 Å². The van der Waals surface area contributed by atoms with Gasteiger partial charge >= 0.3 is 0 Å². The number of carbonyl (C=O) groups is 2. The molecular formula is C15H20Cl3N3O2S. The van der Waals surface area contributed by atoms with E-state index in [1.165, 1.54) is 11.3 Å². The number of alkyl halides is 3. The fourth-order valence-electron chi connectivity index (χ4n) is 2.57. The molecule has 0 saturated heterocycles. The zero-order chi connectivity index (χ0) is 18.1. The Balaban J connectivity index is 2.33. The quantitative estimate of drug-likeness (QED) is 0.510. The van der Waals surface area contributed by atoms with Crippen molar-refractivity contribution in [3.8, 4) is 0 Å². The first kappa shape index (κ1) is 19.6. The van der Waals surface area contributed by atoms with Crippen molar-refractivity contribution in [1.82, 2.24) is 5.32 Å². The maximum Gasteiger partial charge on any atom is 0.251 e. The first-order valence-electron chi connectivity index (χ1n) is 7.69. The third-order valence-corrected chi connectivity index (χ3v) is 5.71. The van der Waals surface area contributed by atoms with E-state index < -0.39 is 15.9 Å². The van der Waals surface area contributed by atoms with Gasteiger partial charge in [0.15, 0.2) is 0 Å². The van der Waals surface area contributed by atoms with Gasteiger partial charge in [0.2, 0.25) is 9.70 Å². The van der Waals surface area contributed by atoms with Crippen LogP contribution in [-0.4, -0.2) is 21.8 Å². The Hall–Kier alpha value is -0.690. The van der Waals surface area contributed by atoms with Crippen LogP contribution in [0.3, 0.4) is 0 Å². The van der Waals surface area contributed by atoms with E-state index in [-0.39, 0.29) is 11.8 Å². The van der Waals surface area contributed by atoms with Crippen molar-refractivity contribution < 1.29 is 9.59 Å². The molecule has 2 amide bonds. The number of fused-ring (bicyclic) bond motifs is 1. The third-order valence-electron chi connectivity index (χ3n) is 3.83. The second-order valence-corrected chi connectivity index (χ2v) is 9.54. The van der Waals surface area contributed by atoms with Crippen LogP contribution in [0.5, 0.6) is 0 Å². The van der Waals surface area contributed by atoms with Crippen LogP contribution in [0.1, 0.15) is 47.5 Å². The predicted octanol–water partition coefficient (Wildman–Crippen LogP) is 3.61. The van der Waals surface area contributed by atoms with Gasteiger partial charge in [0.05, 0.1) is 5.56 Å². The molecule has 0 fully saturated rings. The minimum atomic E-state index is -1.79. The summed E-state index contributed by atoms with van der Waals surface area (Å²) in [5.74, 6) is -1.05. The molecule has 1 aliphatic rings. The zero-order valence-electron chi connectivity index (χ0n) is 13.4. The van der Waals surface area contributed by atoms with Crippen molar-refractivity contribution in [3.05, 3.63) is 16.0 Å². The van der Waals surface area contributed by atoms with Gasteiger partial charge in [-0.05, 0) is 31.2 Å². The van der Waals surface area contributed by atoms with Gasteiger partial charge in [0, 0.05) is 10.8 Å². The van der Waals surface area contributed by atoms with Crippen molar-refractivity contribution in [2.24, 2.45) is 11.7 Å². The van der Waals surface area contributed by atoms with Crippen LogP contribution in [0.25, 0.3) is 0 Å². The summed E-state index contributed by atoms with van der Waals surface area (Å²) in [6.45, 7) is 3.48. The van der Waals surface area contributed by atoms with Gasteiger partial charge in [-0.2, -0.15) is 0 Å². The van der Waals surface area contributed by atoms with Gasteiger partial charge in [0.1, 0.15) is 11.2 Å². The highest BCUT2D eigenvalue weighted by molar-refractivity contribution is 7.16. The predicted molar refractivity (Wildman–Crippen MR) is 100 cm³/mol. The molecule has 134 valence electrons. The van der Waals surface area contributed by atoms with Crippen LogP contribution in [-0.2, 0) is 17.6 Å². The number of nitrogens with two attached hydrogens (primary N) is 1. The molecule has 1 atom stereocenters. The minimum Gasteiger partial charge on any atom is -0.365 e. The first-order valence-corrected chi connectivity index (χ1v) is 9.64. The fourth-order valence-corrected chi connectivity index (χ4v) is 4.22. The lowest BCUT2D eigenvalue weighted by Gasteiger charge is -2.27. The average molecular weight is 413 g/mol. The van der Waals surface area contributed by atoms with Crippen LogP contribution in [0, 0.1) is 5.92 Å². The molecule has 0 aliphatic heterocycles. The molecule has 0 spiro atoms. The molecule has 1 aromatic rings. The Morgan fingerprint density at radius 2 is 1.83 bits per heavy atom. The maximum atomic E-state index is 12.0. The maximum absolute atomic E-state index is 12.0. The monoisotopic (exact) mass is 411 g/mol. The first-order chi connectivity index (χ1) is 11.1. The van der Waals surface area contributed by atoms with Crippen molar-refractivity contribution in [1.29, 1.82) is 0 Å². The number of rotatable bonds is 5. The number of carbonyl (C=O) groups excluding carboxylic acids is 2. The summed E-state index contributed by atoms with van der Waals surface area (Å²) in [4.78, 5) is 25.0. The van der Waals surface area contributed by atoms with Crippen LogP contribution >= 0.6 is 46.1 Å². The number of amides is 2. The van der Waals surface area contributed by atoms with E-state index in [0.717, 1.165) is 36.1 Å². The summed E-state index contributed by atoms with van der Waals surface area (Å²) >= 11 is 19.4. The summed E-state index contributed by atoms with van der Waals surface area (Å²) in [7, 11) is 0. The van der Waals surface area contributed by atoms with E-state index in [9.17, 15) is 9.59 Å². The van der Waals surface area contributed by atoms with E-state index >= 15 is 0 Å². The number of anilines is 1. The molecule has 1 aliphatic carbocycles. The number of primary amides is 1. The molecule has 5 nitrogen and oxygen atoms in total. The Kier molecular flexibility index (Phi) is 6.29. The molecule has 1 aromatic heterocycles. The molecule has 0 bridgehead atoms. The lowest BCUT2D eigenvalue weighted by molar-refractivity contribution is -0.124. The molecule has 2 rings (SSSR count). The van der Waals surface area contributed by atoms with Crippen LogP contribution in [0.15, 0.2) is 0 Å². The largest absolute Gasteiger partial charge is 0.365 e. The lowest BCUT2D eigenvalue weighted by Crippen LogP contribution is -2.50. The summed E-state index contributed by atoms with van der Waals surface area (Å²) in [6, 6.07) is 0. The van der Waals surface area contributed by atoms with Gasteiger partial charge < -0.3 is 16.4 Å². The molecule has 1 unspecified atom stereocenters. The van der Waals surface area contributed by atoms with E-state index in [0.29, 0.717) is 10.6 Å². The van der Waals surface area contributed by atoms with Gasteiger partial charge in [-0.3, -0.25) is 9.59 Å². The fraction of sp³-hybridized carbons (Fsp3) is 0.600. The number of hydrogen-bond acceptors (Lipinski definition) is 4. The van der Waals surface area contributed by atoms with Gasteiger partial charge in [0.25, 0.3) is 5.91 Å². The van der Waals surface area contributed by atoms with E-state index in [2.05, 4.69) is 10.6 Å². The molecule has 9 heteroatoms. The average Bonchev–Trinajstić information content (AvgIpc) is 2.83. The Morgan fingerprint density at radius 3 is 2.38 bits per heavy atom. The highest BCUT2D eigenvalue weighted by atomic mass is 35.6. The van der Waals surface area contributed by atoms with Crippen molar-refractivity contribution in [2.75, 3.05) is 5.32 Å². The van der Waals surface area contributed by atoms with Gasteiger partial charge in [-0.15, -0.1) is 11.3 Å². The number of hydrogen-bond donors (Lipinski definition) is 3. The van der Waals surface area contributed by atoms with E-state index in [1.807, 2.05) is 0 Å². The number of halogens is 3. The van der Waals surface area contributed by atoms with Crippen LogP contribution < -0.4 is 16.4 Å². The minimum absolute atomic E-state index is 0.263. The lowest BCUT2D eigenvalue weighted by atomic mass is 9.95. The summed E-state index contributed by atoms with van der Waals surface area (Å²) in [5, 5.41) is 6.20. The molecule has 0 saturated carbocycles. The standard InChI is InChI=1S/C15H20Cl3N3O2S/c1-7(2)12(23)20-14(15(16,17)18)21-13-10(11(19)22)8-5-3-4-6-9(8)24-13/h7,14,21H,3-6H2,1-2H3,(H2,19,22)(H,20,23). The summed E-state index contributed by atoms with van der Waals surface area (Å²) < 4.78 is -1.79. The number of nitrogens with one attached hydrogen (secondary N) is 2. The van der Waals surface area contributed by atoms with E-state index in [4.69, 9.17) is 40.5 Å². The smallest absolute Gasteiger partial charge is 0.251 e. The van der Waals surface area contributed by atoms with E-state index in [1.54, 1.807) is 13.8 Å². The van der Waals surface area contributed by atoms with Gasteiger partial charge in [-0.25, -0.2) is 0 Å². The third kappa shape index (κ3) is 4.48. The van der Waals surface area contributed by atoms with Crippen molar-refractivity contribution in [3.63, 3.8) is 0 Å². The Labute approximate surface area is 160 Å². The molecular weight excluding hydrogens is 393 g/mol. The second kappa shape index (κ2) is 7.68. The highest BCUT2D eigenvalue weighted by Crippen LogP contribution is 2.40. The van der Waals surface area contributed by atoms with Crippen LogP contribution in [0.2, 0.25) is 0 Å². The topological polar surface area (TPSA) is 84.2 Å². The Bertz CT molecular complexity index is 641. The molecule has 0 radical (unpaired) electrons. The second-order valence-electron chi connectivity index (χ2n) is 6.06. The van der Waals surface area contributed by atoms with Crippen molar-refractivity contribution >= 4 is 63.0 Å². The highest BCUT2D eigenvalue weighted by Gasteiger charge is 2.36. The summed E-state index contributed by atoms with van der Waals surface area (Å²) in [5.41, 5.74) is 6.97. The number of thiophene rings is 1. The zero-order valence-corrected chi connectivity index (χ0v) is 16.5. The molecule has 1 heterocycles. The summed E-state index contributed by atoms with van der Waals surface area (Å²) in [6.07, 6.45) is 2.82. The SMILES string of the molecule is CC(C)C(=O)NC(Nc1sc2c(c1C(N)=O)CCCC2)C(Cl)(Cl)Cl. The number of aryl methyl sites for hydroxylation is 1. The normalized spacial score (nSPS) is 15.8. The molecule has 0 aromatic carbocycles. The van der Waals surface area contributed by atoms with Gasteiger partial charge in [-0.1, -0.05) is 48.7 Å². The van der Waals surface area contributed by atoms with Crippen molar-refractivity contribution in [2.45, 2.75) is 49.5 Å². The molecule has 24 heavy (non-hydrogen) atoms.